The van der Waals surface area contributed by atoms with E-state index in [1.165, 1.54) is 32.1 Å². The largest absolute Gasteiger partial charge is 0.340 e. The maximum Gasteiger partial charge on any atom is 0.222 e. The summed E-state index contributed by atoms with van der Waals surface area (Å²) in [6.07, 6.45) is 6.78. The second-order valence-corrected chi connectivity index (χ2v) is 7.00. The zero-order chi connectivity index (χ0) is 15.2. The molecule has 4 heteroatoms. The molecule has 0 spiro atoms. The molecule has 1 saturated heterocycles. The minimum Gasteiger partial charge on any atom is -0.340 e. The van der Waals surface area contributed by atoms with Gasteiger partial charge in [-0.3, -0.25) is 9.69 Å². The quantitative estimate of drug-likeness (QED) is 0.845. The summed E-state index contributed by atoms with van der Waals surface area (Å²) in [7, 11) is 0. The van der Waals surface area contributed by atoms with Crippen LogP contribution in [-0.4, -0.2) is 54.5 Å². The number of rotatable bonds is 5. The predicted octanol–water partition coefficient (Wildman–Crippen LogP) is 2.08. The third-order valence-electron chi connectivity index (χ3n) is 5.64. The molecule has 4 nitrogen and oxygen atoms in total. The number of carbonyl (C=O) groups is 1. The lowest BCUT2D eigenvalue weighted by Crippen LogP contribution is -2.51. The van der Waals surface area contributed by atoms with Crippen LogP contribution in [0.3, 0.4) is 0 Å². The van der Waals surface area contributed by atoms with Gasteiger partial charge in [0.05, 0.1) is 0 Å². The molecule has 0 aromatic heterocycles. The molecule has 1 aliphatic carbocycles. The third kappa shape index (κ3) is 4.68. The van der Waals surface area contributed by atoms with Gasteiger partial charge in [-0.15, -0.1) is 0 Å². The Labute approximate surface area is 130 Å². The van der Waals surface area contributed by atoms with E-state index in [-0.39, 0.29) is 0 Å². The number of carbonyl (C=O) groups excluding carboxylic acids is 1. The maximum absolute atomic E-state index is 12.4. The molecule has 0 bridgehead atoms. The molecule has 1 unspecified atom stereocenters. The molecule has 1 heterocycles. The van der Waals surface area contributed by atoms with Gasteiger partial charge in [0.1, 0.15) is 0 Å². The van der Waals surface area contributed by atoms with Gasteiger partial charge in [-0.2, -0.15) is 0 Å². The molecule has 1 amide bonds. The summed E-state index contributed by atoms with van der Waals surface area (Å²) in [6, 6.07) is 0.647. The van der Waals surface area contributed by atoms with Gasteiger partial charge in [0.15, 0.2) is 0 Å². The van der Waals surface area contributed by atoms with Crippen molar-refractivity contribution in [1.82, 2.24) is 9.80 Å². The van der Waals surface area contributed by atoms with Crippen molar-refractivity contribution in [2.24, 2.45) is 17.6 Å². The van der Waals surface area contributed by atoms with Crippen molar-refractivity contribution in [3.63, 3.8) is 0 Å². The van der Waals surface area contributed by atoms with Crippen molar-refractivity contribution >= 4 is 5.91 Å². The van der Waals surface area contributed by atoms with E-state index in [1.54, 1.807) is 0 Å². The van der Waals surface area contributed by atoms with E-state index in [4.69, 9.17) is 5.73 Å². The third-order valence-corrected chi connectivity index (χ3v) is 5.64. The number of nitrogens with two attached hydrogens (primary N) is 1. The van der Waals surface area contributed by atoms with Crippen molar-refractivity contribution in [1.29, 1.82) is 0 Å². The van der Waals surface area contributed by atoms with Crippen LogP contribution in [0.4, 0.5) is 0 Å². The standard InChI is InChI=1S/C17H33N3O/c1-3-14(2)19-8-10-20(11-9-19)17(21)12-15-4-6-16(13-18)7-5-15/h14-16H,3-13,18H2,1-2H3. The lowest BCUT2D eigenvalue weighted by Gasteiger charge is -2.38. The minimum absolute atomic E-state index is 0.384. The number of hydrogen-bond acceptors (Lipinski definition) is 3. The highest BCUT2D eigenvalue weighted by atomic mass is 16.2. The summed E-state index contributed by atoms with van der Waals surface area (Å²) in [6.45, 7) is 9.26. The molecule has 0 aromatic rings. The number of piperazine rings is 1. The zero-order valence-electron chi connectivity index (χ0n) is 13.9. The summed E-state index contributed by atoms with van der Waals surface area (Å²) in [4.78, 5) is 17.0. The lowest BCUT2D eigenvalue weighted by atomic mass is 9.80. The Balaban J connectivity index is 1.70. The summed E-state index contributed by atoms with van der Waals surface area (Å²) in [5.41, 5.74) is 5.74. The predicted molar refractivity (Wildman–Crippen MR) is 87.0 cm³/mol. The van der Waals surface area contributed by atoms with Crippen LogP contribution in [0.2, 0.25) is 0 Å². The fraction of sp³-hybridized carbons (Fsp3) is 0.941. The van der Waals surface area contributed by atoms with Crippen LogP contribution in [0.1, 0.15) is 52.4 Å². The Morgan fingerprint density at radius 1 is 1.10 bits per heavy atom. The summed E-state index contributed by atoms with van der Waals surface area (Å²) in [5, 5.41) is 0. The molecule has 0 radical (unpaired) electrons. The molecule has 1 aliphatic heterocycles. The van der Waals surface area contributed by atoms with Crippen molar-refractivity contribution in [3.8, 4) is 0 Å². The smallest absolute Gasteiger partial charge is 0.222 e. The molecule has 0 aromatic carbocycles. The lowest BCUT2D eigenvalue weighted by molar-refractivity contribution is -0.134. The van der Waals surface area contributed by atoms with Gasteiger partial charge in [-0.25, -0.2) is 0 Å². The Morgan fingerprint density at radius 3 is 2.19 bits per heavy atom. The first-order valence-electron chi connectivity index (χ1n) is 8.85. The van der Waals surface area contributed by atoms with Crippen molar-refractivity contribution in [2.45, 2.75) is 58.4 Å². The van der Waals surface area contributed by atoms with Gasteiger partial charge in [0.2, 0.25) is 5.91 Å². The molecule has 21 heavy (non-hydrogen) atoms. The molecular formula is C17H33N3O. The summed E-state index contributed by atoms with van der Waals surface area (Å²) >= 11 is 0. The molecule has 1 saturated carbocycles. The normalized spacial score (nSPS) is 29.4. The number of nitrogens with zero attached hydrogens (tertiary/aromatic N) is 2. The van der Waals surface area contributed by atoms with Crippen molar-refractivity contribution in [2.75, 3.05) is 32.7 Å². The molecule has 1 atom stereocenters. The highest BCUT2D eigenvalue weighted by Crippen LogP contribution is 2.30. The van der Waals surface area contributed by atoms with Crippen LogP contribution in [0.15, 0.2) is 0 Å². The van der Waals surface area contributed by atoms with E-state index in [1.807, 2.05) is 0 Å². The molecule has 2 fully saturated rings. The topological polar surface area (TPSA) is 49.6 Å². The van der Waals surface area contributed by atoms with Crippen molar-refractivity contribution < 1.29 is 4.79 Å². The van der Waals surface area contributed by atoms with Crippen LogP contribution in [-0.2, 0) is 4.79 Å². The second kappa shape index (κ2) is 8.14. The number of hydrogen-bond donors (Lipinski definition) is 1. The molecule has 122 valence electrons. The number of amides is 1. The monoisotopic (exact) mass is 295 g/mol. The molecular weight excluding hydrogens is 262 g/mol. The van der Waals surface area contributed by atoms with E-state index in [0.717, 1.165) is 39.1 Å². The van der Waals surface area contributed by atoms with Crippen LogP contribution in [0.25, 0.3) is 0 Å². The van der Waals surface area contributed by atoms with E-state index in [2.05, 4.69) is 23.6 Å². The van der Waals surface area contributed by atoms with Gasteiger partial charge in [0, 0.05) is 38.6 Å². The van der Waals surface area contributed by atoms with E-state index >= 15 is 0 Å². The zero-order valence-corrected chi connectivity index (χ0v) is 13.9. The van der Waals surface area contributed by atoms with E-state index < -0.39 is 0 Å². The summed E-state index contributed by atoms with van der Waals surface area (Å²) in [5.74, 6) is 1.69. The fourth-order valence-corrected chi connectivity index (χ4v) is 3.72. The Bertz CT molecular complexity index is 318. The van der Waals surface area contributed by atoms with Gasteiger partial charge in [0.25, 0.3) is 0 Å². The first-order valence-corrected chi connectivity index (χ1v) is 8.85. The second-order valence-electron chi connectivity index (χ2n) is 7.00. The SMILES string of the molecule is CCC(C)N1CCN(C(=O)CC2CCC(CN)CC2)CC1. The van der Waals surface area contributed by atoms with Crippen LogP contribution in [0.5, 0.6) is 0 Å². The maximum atomic E-state index is 12.4. The first kappa shape index (κ1) is 16.8. The minimum atomic E-state index is 0.384. The van der Waals surface area contributed by atoms with Crippen molar-refractivity contribution in [3.05, 3.63) is 0 Å². The first-order chi connectivity index (χ1) is 10.1. The van der Waals surface area contributed by atoms with Crippen LogP contribution >= 0.6 is 0 Å². The Kier molecular flexibility index (Phi) is 6.49. The highest BCUT2D eigenvalue weighted by molar-refractivity contribution is 5.76. The Hall–Kier alpha value is -0.610. The average Bonchev–Trinajstić information content (AvgIpc) is 2.55. The van der Waals surface area contributed by atoms with Gasteiger partial charge in [-0.1, -0.05) is 6.92 Å². The average molecular weight is 295 g/mol. The van der Waals surface area contributed by atoms with Crippen LogP contribution in [0, 0.1) is 11.8 Å². The molecule has 2 rings (SSSR count). The van der Waals surface area contributed by atoms with Crippen LogP contribution < -0.4 is 5.73 Å². The highest BCUT2D eigenvalue weighted by Gasteiger charge is 2.27. The molecule has 2 N–H and O–H groups in total. The van der Waals surface area contributed by atoms with Gasteiger partial charge >= 0.3 is 0 Å². The van der Waals surface area contributed by atoms with E-state index in [0.29, 0.717) is 23.8 Å². The fourth-order valence-electron chi connectivity index (χ4n) is 3.72. The van der Waals surface area contributed by atoms with E-state index in [9.17, 15) is 4.79 Å². The summed E-state index contributed by atoms with van der Waals surface area (Å²) < 4.78 is 0. The Morgan fingerprint density at radius 2 is 1.67 bits per heavy atom. The van der Waals surface area contributed by atoms with Gasteiger partial charge < -0.3 is 10.6 Å². The van der Waals surface area contributed by atoms with Gasteiger partial charge in [-0.05, 0) is 57.4 Å². The molecule has 2 aliphatic rings.